The molecular formula is C19H24N2O5. The number of benzene rings is 1. The summed E-state index contributed by atoms with van der Waals surface area (Å²) in [4.78, 5) is 39.1. The van der Waals surface area contributed by atoms with E-state index in [0.29, 0.717) is 0 Å². The number of anilines is 1. The van der Waals surface area contributed by atoms with E-state index in [4.69, 9.17) is 9.47 Å². The van der Waals surface area contributed by atoms with E-state index in [1.54, 1.807) is 20.8 Å². The summed E-state index contributed by atoms with van der Waals surface area (Å²) in [5.41, 5.74) is 0.847. The van der Waals surface area contributed by atoms with Crippen molar-refractivity contribution in [3.8, 4) is 0 Å². The molecule has 7 nitrogen and oxygen atoms in total. The number of nitrogens with one attached hydrogen (secondary N) is 1. The lowest BCUT2D eigenvalue weighted by Crippen LogP contribution is -2.44. The maximum absolute atomic E-state index is 12.8. The average molecular weight is 360 g/mol. The molecule has 0 aromatic heterocycles. The van der Waals surface area contributed by atoms with Crippen LogP contribution in [0.4, 0.5) is 10.5 Å². The number of likely N-dealkylation sites (tertiary alicyclic amines) is 1. The summed E-state index contributed by atoms with van der Waals surface area (Å²) < 4.78 is 10.3. The van der Waals surface area contributed by atoms with Gasteiger partial charge in [0.2, 0.25) is 5.91 Å². The normalized spacial score (nSPS) is 24.4. The van der Waals surface area contributed by atoms with Crippen LogP contribution < -0.4 is 5.32 Å². The van der Waals surface area contributed by atoms with Gasteiger partial charge < -0.3 is 14.8 Å². The van der Waals surface area contributed by atoms with Crippen LogP contribution in [0.5, 0.6) is 0 Å². The minimum atomic E-state index is -0.975. The van der Waals surface area contributed by atoms with Gasteiger partial charge in [0.25, 0.3) is 0 Å². The van der Waals surface area contributed by atoms with E-state index in [1.165, 1.54) is 12.0 Å². The Hall–Kier alpha value is -2.57. The zero-order valence-electron chi connectivity index (χ0n) is 15.7. The second-order valence-electron chi connectivity index (χ2n) is 7.94. The smallest absolute Gasteiger partial charge is 0.411 e. The van der Waals surface area contributed by atoms with Gasteiger partial charge in [0.15, 0.2) is 0 Å². The van der Waals surface area contributed by atoms with E-state index in [2.05, 4.69) is 5.32 Å². The zero-order chi connectivity index (χ0) is 19.3. The van der Waals surface area contributed by atoms with Crippen LogP contribution in [-0.4, -0.2) is 48.2 Å². The van der Waals surface area contributed by atoms with Crippen molar-refractivity contribution in [2.45, 2.75) is 51.2 Å². The summed E-state index contributed by atoms with van der Waals surface area (Å²) in [6, 6.07) is 4.82. The number of ether oxygens (including phenoxy) is 2. The van der Waals surface area contributed by atoms with Crippen LogP contribution in [0, 0.1) is 6.92 Å². The van der Waals surface area contributed by atoms with Crippen molar-refractivity contribution in [3.63, 3.8) is 0 Å². The van der Waals surface area contributed by atoms with Crippen molar-refractivity contribution >= 4 is 23.7 Å². The van der Waals surface area contributed by atoms with Crippen LogP contribution in [0.3, 0.4) is 0 Å². The fourth-order valence-electron chi connectivity index (χ4n) is 3.65. The molecule has 3 rings (SSSR count). The monoisotopic (exact) mass is 360 g/mol. The molecule has 0 bridgehead atoms. The van der Waals surface area contributed by atoms with Gasteiger partial charge in [0.05, 0.1) is 12.5 Å². The molecule has 1 fully saturated rings. The Morgan fingerprint density at radius 1 is 1.31 bits per heavy atom. The van der Waals surface area contributed by atoms with Gasteiger partial charge in [0.1, 0.15) is 11.6 Å². The summed E-state index contributed by atoms with van der Waals surface area (Å²) in [6.45, 7) is 7.28. The highest BCUT2D eigenvalue weighted by Crippen LogP contribution is 2.47. The predicted molar refractivity (Wildman–Crippen MR) is 94.8 cm³/mol. The fraction of sp³-hybridized carbons (Fsp3) is 0.526. The van der Waals surface area contributed by atoms with Gasteiger partial charge in [-0.2, -0.15) is 0 Å². The molecular weight excluding hydrogens is 336 g/mol. The molecule has 1 spiro atoms. The first-order valence-electron chi connectivity index (χ1n) is 8.57. The standard InChI is InChI=1S/C19H24N2O5/c1-11-6-7-13-12(8-11)19(16(23)20-13)9-14(15(22)25-5)21(10-19)17(24)26-18(2,3)4/h6-8,14H,9-10H2,1-5H3,(H,20,23)/t14-,19-/m0/s1. The lowest BCUT2D eigenvalue weighted by Gasteiger charge is -2.27. The quantitative estimate of drug-likeness (QED) is 0.777. The van der Waals surface area contributed by atoms with Crippen molar-refractivity contribution in [1.82, 2.24) is 4.90 Å². The number of hydrogen-bond donors (Lipinski definition) is 1. The third-order valence-electron chi connectivity index (χ3n) is 4.83. The number of hydrogen-bond acceptors (Lipinski definition) is 5. The number of esters is 1. The number of carbonyl (C=O) groups is 3. The second-order valence-corrected chi connectivity index (χ2v) is 7.94. The van der Waals surface area contributed by atoms with E-state index >= 15 is 0 Å². The van der Waals surface area contributed by atoms with Gasteiger partial charge in [-0.15, -0.1) is 0 Å². The molecule has 1 aromatic carbocycles. The molecule has 2 atom stereocenters. The summed E-state index contributed by atoms with van der Waals surface area (Å²) in [6.07, 6.45) is -0.458. The summed E-state index contributed by atoms with van der Waals surface area (Å²) in [5.74, 6) is -0.764. The number of methoxy groups -OCH3 is 1. The third kappa shape index (κ3) is 2.91. The topological polar surface area (TPSA) is 84.9 Å². The molecule has 26 heavy (non-hydrogen) atoms. The first-order chi connectivity index (χ1) is 12.1. The second kappa shape index (κ2) is 6.00. The molecule has 1 saturated heterocycles. The van der Waals surface area contributed by atoms with Gasteiger partial charge in [-0.05, 0) is 45.7 Å². The van der Waals surface area contributed by atoms with Gasteiger partial charge in [0, 0.05) is 12.2 Å². The maximum Gasteiger partial charge on any atom is 0.411 e. The van der Waals surface area contributed by atoms with Crippen molar-refractivity contribution in [3.05, 3.63) is 29.3 Å². The van der Waals surface area contributed by atoms with Crippen LogP contribution in [0.2, 0.25) is 0 Å². The van der Waals surface area contributed by atoms with E-state index < -0.39 is 29.1 Å². The van der Waals surface area contributed by atoms with Crippen LogP contribution >= 0.6 is 0 Å². The van der Waals surface area contributed by atoms with Crippen molar-refractivity contribution in [2.75, 3.05) is 19.0 Å². The lowest BCUT2D eigenvalue weighted by atomic mass is 9.79. The highest BCUT2D eigenvalue weighted by Gasteiger charge is 2.58. The molecule has 2 aliphatic rings. The molecule has 0 unspecified atom stereocenters. The van der Waals surface area contributed by atoms with Crippen molar-refractivity contribution in [1.29, 1.82) is 0 Å². The van der Waals surface area contributed by atoms with E-state index in [9.17, 15) is 14.4 Å². The summed E-state index contributed by atoms with van der Waals surface area (Å²) in [7, 11) is 1.27. The Kier molecular flexibility index (Phi) is 4.21. The summed E-state index contributed by atoms with van der Waals surface area (Å²) >= 11 is 0. The van der Waals surface area contributed by atoms with E-state index in [0.717, 1.165) is 16.8 Å². The van der Waals surface area contributed by atoms with Gasteiger partial charge >= 0.3 is 12.1 Å². The Morgan fingerprint density at radius 2 is 2.00 bits per heavy atom. The molecule has 0 saturated carbocycles. The van der Waals surface area contributed by atoms with E-state index in [-0.39, 0.29) is 18.9 Å². The van der Waals surface area contributed by atoms with Crippen molar-refractivity contribution in [2.24, 2.45) is 0 Å². The molecule has 0 aliphatic carbocycles. The molecule has 2 amide bonds. The SMILES string of the molecule is COC(=O)[C@@H]1C[C@@]2(CN1C(=O)OC(C)(C)C)C(=O)Nc1ccc(C)cc12. The van der Waals surface area contributed by atoms with Gasteiger partial charge in [-0.3, -0.25) is 9.69 Å². The molecule has 2 aliphatic heterocycles. The molecule has 0 radical (unpaired) electrons. The molecule has 1 aromatic rings. The number of carbonyl (C=O) groups excluding carboxylic acids is 3. The van der Waals surface area contributed by atoms with Gasteiger partial charge in [-0.25, -0.2) is 9.59 Å². The minimum absolute atomic E-state index is 0.0734. The van der Waals surface area contributed by atoms with Crippen molar-refractivity contribution < 1.29 is 23.9 Å². The largest absolute Gasteiger partial charge is 0.467 e. The Balaban J connectivity index is 2.02. The molecule has 2 heterocycles. The highest BCUT2D eigenvalue weighted by molar-refractivity contribution is 6.08. The zero-order valence-corrected chi connectivity index (χ0v) is 15.7. The number of rotatable bonds is 1. The first-order valence-corrected chi connectivity index (χ1v) is 8.57. The maximum atomic E-state index is 12.8. The lowest BCUT2D eigenvalue weighted by molar-refractivity contribution is -0.145. The van der Waals surface area contributed by atoms with Crippen LogP contribution in [0.1, 0.15) is 38.3 Å². The molecule has 140 valence electrons. The Labute approximate surface area is 152 Å². The van der Waals surface area contributed by atoms with Crippen LogP contribution in [0.15, 0.2) is 18.2 Å². The number of aryl methyl sites for hydroxylation is 1. The predicted octanol–water partition coefficient (Wildman–Crippen LogP) is 2.37. The first kappa shape index (κ1) is 18.2. The number of nitrogens with zero attached hydrogens (tertiary/aromatic N) is 1. The minimum Gasteiger partial charge on any atom is -0.467 e. The Morgan fingerprint density at radius 3 is 2.62 bits per heavy atom. The highest BCUT2D eigenvalue weighted by atomic mass is 16.6. The molecule has 7 heteroatoms. The number of amides is 2. The van der Waals surface area contributed by atoms with Gasteiger partial charge in [-0.1, -0.05) is 17.7 Å². The average Bonchev–Trinajstić information content (AvgIpc) is 3.06. The molecule has 1 N–H and O–H groups in total. The number of fused-ring (bicyclic) bond motifs is 2. The fourth-order valence-corrected chi connectivity index (χ4v) is 3.65. The third-order valence-corrected chi connectivity index (χ3v) is 4.83. The summed E-state index contributed by atoms with van der Waals surface area (Å²) in [5, 5.41) is 2.87. The van der Waals surface area contributed by atoms with Crippen LogP contribution in [-0.2, 0) is 24.5 Å². The van der Waals surface area contributed by atoms with Crippen LogP contribution in [0.25, 0.3) is 0 Å². The van der Waals surface area contributed by atoms with E-state index in [1.807, 2.05) is 25.1 Å². The Bertz CT molecular complexity index is 783.